The molecule has 0 saturated carbocycles. The Morgan fingerprint density at radius 2 is 2.16 bits per heavy atom. The molecule has 1 amide bonds. The fourth-order valence-corrected chi connectivity index (χ4v) is 3.38. The Morgan fingerprint density at radius 3 is 2.84 bits per heavy atom. The Labute approximate surface area is 115 Å². The Balaban J connectivity index is 1.84. The van der Waals surface area contributed by atoms with Gasteiger partial charge in [-0.2, -0.15) is 4.73 Å². The molecule has 1 saturated heterocycles. The molecule has 98 valence electrons. The van der Waals surface area contributed by atoms with Crippen molar-refractivity contribution in [3.05, 3.63) is 57.7 Å². The normalized spacial score (nSPS) is 18.7. The second-order valence-corrected chi connectivity index (χ2v) is 5.60. The first-order valence-corrected chi connectivity index (χ1v) is 7.17. The molecule has 0 N–H and O–H groups in total. The van der Waals surface area contributed by atoms with Gasteiger partial charge in [-0.25, -0.2) is 0 Å². The van der Waals surface area contributed by atoms with Gasteiger partial charge in [-0.05, 0) is 24.3 Å². The first-order valence-electron chi connectivity index (χ1n) is 6.29. The zero-order valence-corrected chi connectivity index (χ0v) is 11.2. The second-order valence-electron chi connectivity index (χ2n) is 4.62. The molecule has 1 atom stereocenters. The van der Waals surface area contributed by atoms with Crippen LogP contribution in [0.5, 0.6) is 0 Å². The van der Waals surface area contributed by atoms with Crippen molar-refractivity contribution >= 4 is 17.2 Å². The van der Waals surface area contributed by atoms with E-state index in [1.165, 1.54) is 17.3 Å². The molecule has 0 aromatic carbocycles. The molecule has 5 heteroatoms. The van der Waals surface area contributed by atoms with Gasteiger partial charge in [0.25, 0.3) is 5.91 Å². The van der Waals surface area contributed by atoms with E-state index in [0.717, 1.165) is 19.4 Å². The van der Waals surface area contributed by atoms with Crippen molar-refractivity contribution in [2.75, 3.05) is 6.54 Å². The number of carbonyl (C=O) groups is 1. The summed E-state index contributed by atoms with van der Waals surface area (Å²) in [6, 6.07) is 7.45. The molecule has 3 heterocycles. The summed E-state index contributed by atoms with van der Waals surface area (Å²) in [6.45, 7) is 0.785. The molecule has 0 aliphatic carbocycles. The predicted molar refractivity (Wildman–Crippen MR) is 72.7 cm³/mol. The van der Waals surface area contributed by atoms with E-state index < -0.39 is 0 Å². The van der Waals surface area contributed by atoms with Crippen LogP contribution in [0.1, 0.15) is 34.1 Å². The van der Waals surface area contributed by atoms with Crippen molar-refractivity contribution in [1.82, 2.24) is 4.90 Å². The average Bonchev–Trinajstić information content (AvgIpc) is 3.09. The lowest BCUT2D eigenvalue weighted by Crippen LogP contribution is -2.31. The summed E-state index contributed by atoms with van der Waals surface area (Å²) in [6.07, 6.45) is 4.77. The molecule has 0 spiro atoms. The van der Waals surface area contributed by atoms with Gasteiger partial charge in [-0.3, -0.25) is 4.79 Å². The monoisotopic (exact) mass is 274 g/mol. The number of thiophene rings is 1. The standard InChI is InChI=1S/C14H14N2O2S/c17-14(11-5-8-15(18)9-6-11)16-7-1-3-12(16)13-4-2-10-19-13/h2,4-6,8-10,12H,1,3,7H2/t12-/m1/s1. The summed E-state index contributed by atoms with van der Waals surface area (Å²) in [7, 11) is 0. The quantitative estimate of drug-likeness (QED) is 0.623. The second kappa shape index (κ2) is 5.01. The van der Waals surface area contributed by atoms with Gasteiger partial charge < -0.3 is 10.1 Å². The fourth-order valence-electron chi connectivity index (χ4n) is 2.51. The molecule has 19 heavy (non-hydrogen) atoms. The molecule has 2 aromatic rings. The molecule has 1 aliphatic heterocycles. The van der Waals surface area contributed by atoms with Crippen molar-refractivity contribution < 1.29 is 9.52 Å². The van der Waals surface area contributed by atoms with Crippen molar-refractivity contribution in [1.29, 1.82) is 0 Å². The lowest BCUT2D eigenvalue weighted by molar-refractivity contribution is -0.605. The van der Waals surface area contributed by atoms with Crippen LogP contribution >= 0.6 is 11.3 Å². The van der Waals surface area contributed by atoms with Crippen LogP contribution < -0.4 is 4.73 Å². The van der Waals surface area contributed by atoms with E-state index in [9.17, 15) is 10.0 Å². The third kappa shape index (κ3) is 2.33. The minimum absolute atomic E-state index is 0.0106. The molecule has 3 rings (SSSR count). The van der Waals surface area contributed by atoms with Crippen LogP contribution in [0.4, 0.5) is 0 Å². The van der Waals surface area contributed by atoms with Gasteiger partial charge in [0, 0.05) is 23.6 Å². The van der Waals surface area contributed by atoms with E-state index in [-0.39, 0.29) is 11.9 Å². The zero-order chi connectivity index (χ0) is 13.2. The molecular weight excluding hydrogens is 260 g/mol. The van der Waals surface area contributed by atoms with Gasteiger partial charge in [-0.1, -0.05) is 6.07 Å². The van der Waals surface area contributed by atoms with E-state index in [2.05, 4.69) is 6.07 Å². The SMILES string of the molecule is O=C(c1cc[n+]([O-])cc1)N1CCC[C@@H]1c1cccs1. The van der Waals surface area contributed by atoms with Crippen LogP contribution in [0.2, 0.25) is 0 Å². The maximum absolute atomic E-state index is 12.5. The molecular formula is C14H14N2O2S. The Kier molecular flexibility index (Phi) is 3.21. The largest absolute Gasteiger partial charge is 0.619 e. The lowest BCUT2D eigenvalue weighted by atomic mass is 10.1. The average molecular weight is 274 g/mol. The van der Waals surface area contributed by atoms with Crippen molar-refractivity contribution in [2.24, 2.45) is 0 Å². The number of carbonyl (C=O) groups excluding carboxylic acids is 1. The number of hydrogen-bond donors (Lipinski definition) is 0. The van der Waals surface area contributed by atoms with Crippen LogP contribution in [-0.4, -0.2) is 17.4 Å². The van der Waals surface area contributed by atoms with Crippen LogP contribution in [0.15, 0.2) is 42.0 Å². The fraction of sp³-hybridized carbons (Fsp3) is 0.286. The molecule has 4 nitrogen and oxygen atoms in total. The van der Waals surface area contributed by atoms with Gasteiger partial charge in [0.05, 0.1) is 11.6 Å². The molecule has 0 radical (unpaired) electrons. The number of amides is 1. The highest BCUT2D eigenvalue weighted by molar-refractivity contribution is 7.10. The summed E-state index contributed by atoms with van der Waals surface area (Å²) < 4.78 is 0.692. The van der Waals surface area contributed by atoms with Gasteiger partial charge in [-0.15, -0.1) is 11.3 Å². The smallest absolute Gasteiger partial charge is 0.254 e. The number of aromatic nitrogens is 1. The lowest BCUT2D eigenvalue weighted by Gasteiger charge is -2.23. The van der Waals surface area contributed by atoms with Crippen LogP contribution in [0.25, 0.3) is 0 Å². The molecule has 2 aromatic heterocycles. The van der Waals surface area contributed by atoms with E-state index in [1.807, 2.05) is 16.3 Å². The summed E-state index contributed by atoms with van der Waals surface area (Å²) in [4.78, 5) is 15.6. The zero-order valence-electron chi connectivity index (χ0n) is 10.4. The van der Waals surface area contributed by atoms with Gasteiger partial charge in [0.2, 0.25) is 0 Å². The van der Waals surface area contributed by atoms with Gasteiger partial charge >= 0.3 is 0 Å². The minimum Gasteiger partial charge on any atom is -0.619 e. The minimum atomic E-state index is 0.0106. The van der Waals surface area contributed by atoms with E-state index in [4.69, 9.17) is 0 Å². The van der Waals surface area contributed by atoms with Crippen molar-refractivity contribution in [2.45, 2.75) is 18.9 Å². The van der Waals surface area contributed by atoms with Gasteiger partial charge in [0.15, 0.2) is 12.4 Å². The highest BCUT2D eigenvalue weighted by Gasteiger charge is 2.31. The maximum Gasteiger partial charge on any atom is 0.254 e. The molecule has 1 fully saturated rings. The highest BCUT2D eigenvalue weighted by atomic mass is 32.1. The van der Waals surface area contributed by atoms with Gasteiger partial charge in [0.1, 0.15) is 0 Å². The molecule has 0 unspecified atom stereocenters. The van der Waals surface area contributed by atoms with E-state index >= 15 is 0 Å². The van der Waals surface area contributed by atoms with E-state index in [0.29, 0.717) is 10.3 Å². The first kappa shape index (κ1) is 12.2. The number of rotatable bonds is 2. The number of likely N-dealkylation sites (tertiary alicyclic amines) is 1. The number of pyridine rings is 1. The molecule has 0 bridgehead atoms. The first-order chi connectivity index (χ1) is 9.25. The highest BCUT2D eigenvalue weighted by Crippen LogP contribution is 2.35. The maximum atomic E-state index is 12.5. The summed E-state index contributed by atoms with van der Waals surface area (Å²) in [5.41, 5.74) is 0.579. The van der Waals surface area contributed by atoms with Crippen LogP contribution in [0.3, 0.4) is 0 Å². The molecule has 1 aliphatic rings. The van der Waals surface area contributed by atoms with Crippen molar-refractivity contribution in [3.8, 4) is 0 Å². The Bertz CT molecular complexity index is 566. The van der Waals surface area contributed by atoms with Crippen LogP contribution in [-0.2, 0) is 0 Å². The summed E-state index contributed by atoms with van der Waals surface area (Å²) in [5, 5.41) is 13.1. The predicted octanol–water partition coefficient (Wildman–Crippen LogP) is 2.36. The summed E-state index contributed by atoms with van der Waals surface area (Å²) in [5.74, 6) is 0.0106. The van der Waals surface area contributed by atoms with E-state index in [1.54, 1.807) is 23.5 Å². The number of hydrogen-bond acceptors (Lipinski definition) is 3. The summed E-state index contributed by atoms with van der Waals surface area (Å²) >= 11 is 1.69. The number of nitrogens with zero attached hydrogens (tertiary/aromatic N) is 2. The third-order valence-electron chi connectivity index (χ3n) is 3.43. The Morgan fingerprint density at radius 1 is 1.37 bits per heavy atom. The third-order valence-corrected chi connectivity index (χ3v) is 4.41. The topological polar surface area (TPSA) is 47.2 Å². The Hall–Kier alpha value is -1.88. The van der Waals surface area contributed by atoms with Crippen LogP contribution in [0, 0.1) is 5.21 Å². The van der Waals surface area contributed by atoms with Crippen molar-refractivity contribution in [3.63, 3.8) is 0 Å².